The van der Waals surface area contributed by atoms with Gasteiger partial charge in [0.15, 0.2) is 0 Å². The Hall–Kier alpha value is -3.26. The van der Waals surface area contributed by atoms with E-state index < -0.39 is 11.0 Å². The first kappa shape index (κ1) is 15.0. The molecule has 124 valence electrons. The van der Waals surface area contributed by atoms with Crippen molar-refractivity contribution in [3.8, 4) is 0 Å². The van der Waals surface area contributed by atoms with Crippen molar-refractivity contribution in [1.82, 2.24) is 4.98 Å². The molecule has 0 spiro atoms. The molecular formula is C24H18N2. The lowest BCUT2D eigenvalue weighted by atomic mass is 9.57. The Labute approximate surface area is 153 Å². The van der Waals surface area contributed by atoms with Crippen molar-refractivity contribution in [1.29, 1.82) is 0 Å². The summed E-state index contributed by atoms with van der Waals surface area (Å²) in [6, 6.07) is 25.2. The lowest BCUT2D eigenvalue weighted by Crippen LogP contribution is -2.50. The average molecular weight is 334 g/mol. The number of hydrogen-bond acceptors (Lipinski definition) is 2. The van der Waals surface area contributed by atoms with E-state index in [1.54, 1.807) is 0 Å². The summed E-state index contributed by atoms with van der Waals surface area (Å²) in [4.78, 5) is 9.94. The minimum atomic E-state index is -0.615. The maximum atomic E-state index is 5.12. The van der Waals surface area contributed by atoms with Gasteiger partial charge in [-0.2, -0.15) is 0 Å². The number of aromatic nitrogens is 1. The van der Waals surface area contributed by atoms with Crippen LogP contribution in [-0.4, -0.2) is 11.2 Å². The number of nitrogens with zero attached hydrogens (tertiary/aromatic N) is 2. The Morgan fingerprint density at radius 2 is 1.42 bits per heavy atom. The predicted molar refractivity (Wildman–Crippen MR) is 106 cm³/mol. The van der Waals surface area contributed by atoms with Gasteiger partial charge in [-0.05, 0) is 28.8 Å². The van der Waals surface area contributed by atoms with Gasteiger partial charge in [-0.15, -0.1) is 0 Å². The summed E-state index contributed by atoms with van der Waals surface area (Å²) < 4.78 is 0. The molecule has 0 saturated carbocycles. The van der Waals surface area contributed by atoms with Gasteiger partial charge in [-0.1, -0.05) is 85.0 Å². The van der Waals surface area contributed by atoms with Gasteiger partial charge in [-0.25, -0.2) is 0 Å². The number of fused-ring (bicyclic) bond motifs is 3. The van der Waals surface area contributed by atoms with E-state index in [2.05, 4.69) is 78.9 Å². The number of hydrogen-bond donors (Lipinski definition) is 0. The normalized spacial score (nSPS) is 25.5. The van der Waals surface area contributed by atoms with E-state index in [0.717, 1.165) is 16.8 Å². The zero-order chi connectivity index (χ0) is 17.5. The first-order valence-electron chi connectivity index (χ1n) is 8.86. The van der Waals surface area contributed by atoms with Crippen LogP contribution in [0.25, 0.3) is 6.08 Å². The molecule has 26 heavy (non-hydrogen) atoms. The van der Waals surface area contributed by atoms with Crippen LogP contribution in [0.15, 0.2) is 102 Å². The molecule has 2 nitrogen and oxygen atoms in total. The number of benzene rings is 2. The van der Waals surface area contributed by atoms with Crippen LogP contribution in [0.4, 0.5) is 0 Å². The topological polar surface area (TPSA) is 25.2 Å². The summed E-state index contributed by atoms with van der Waals surface area (Å²) in [5.74, 6) is 0. The largest absolute Gasteiger partial charge is 0.274 e. The molecule has 0 N–H and O–H groups in total. The molecule has 1 aliphatic heterocycles. The molecule has 0 bridgehead atoms. The third kappa shape index (κ3) is 1.87. The zero-order valence-corrected chi connectivity index (χ0v) is 14.3. The molecule has 2 aliphatic rings. The Balaban J connectivity index is 1.92. The Kier molecular flexibility index (Phi) is 3.26. The minimum absolute atomic E-state index is 0.411. The van der Waals surface area contributed by atoms with Crippen molar-refractivity contribution < 1.29 is 0 Å². The number of rotatable bonds is 2. The summed E-state index contributed by atoms with van der Waals surface area (Å²) in [6.45, 7) is 0. The van der Waals surface area contributed by atoms with E-state index in [0.29, 0.717) is 0 Å². The van der Waals surface area contributed by atoms with Crippen LogP contribution < -0.4 is 0 Å². The molecule has 2 heteroatoms. The smallest absolute Gasteiger partial charge is 0.144 e. The van der Waals surface area contributed by atoms with Crippen molar-refractivity contribution >= 4 is 12.3 Å². The maximum absolute atomic E-state index is 5.12. The summed E-state index contributed by atoms with van der Waals surface area (Å²) in [7, 11) is 0. The maximum Gasteiger partial charge on any atom is 0.144 e. The monoisotopic (exact) mass is 334 g/mol. The molecule has 5 rings (SSSR count). The standard InChI is InChI=1S/C24H18N2/c1-3-10-20(11-4-1)23-15-8-18-26-24(23,21-12-5-2-6-13-21)22-19(14-16-23)9-7-17-25-22/h1-18H. The third-order valence-electron chi connectivity index (χ3n) is 5.46. The highest BCUT2D eigenvalue weighted by atomic mass is 15.0. The summed E-state index contributed by atoms with van der Waals surface area (Å²) in [5, 5.41) is 0. The average Bonchev–Trinajstić information content (AvgIpc) is 2.74. The lowest BCUT2D eigenvalue weighted by Gasteiger charge is -2.49. The van der Waals surface area contributed by atoms with Gasteiger partial charge in [0.2, 0.25) is 0 Å². The van der Waals surface area contributed by atoms with Gasteiger partial charge in [-0.3, -0.25) is 9.98 Å². The number of aliphatic imine (C=N–C) groups is 1. The van der Waals surface area contributed by atoms with E-state index >= 15 is 0 Å². The minimum Gasteiger partial charge on any atom is -0.274 e. The van der Waals surface area contributed by atoms with Crippen LogP contribution in [0.3, 0.4) is 0 Å². The fourth-order valence-corrected chi connectivity index (χ4v) is 4.33. The van der Waals surface area contributed by atoms with E-state index in [1.807, 2.05) is 30.6 Å². The van der Waals surface area contributed by atoms with Crippen LogP contribution in [0.1, 0.15) is 22.4 Å². The molecule has 0 amide bonds. The zero-order valence-electron chi connectivity index (χ0n) is 14.3. The highest BCUT2D eigenvalue weighted by Crippen LogP contribution is 2.55. The molecule has 0 fully saturated rings. The Morgan fingerprint density at radius 1 is 0.692 bits per heavy atom. The Morgan fingerprint density at radius 3 is 2.19 bits per heavy atom. The van der Waals surface area contributed by atoms with E-state index in [9.17, 15) is 0 Å². The molecule has 1 aromatic heterocycles. The van der Waals surface area contributed by atoms with Crippen molar-refractivity contribution in [2.24, 2.45) is 4.99 Å². The number of pyridine rings is 1. The Bertz CT molecular complexity index is 1030. The highest BCUT2D eigenvalue weighted by molar-refractivity contribution is 5.80. The van der Waals surface area contributed by atoms with Gasteiger partial charge in [0.1, 0.15) is 5.54 Å². The number of dihydropyridines is 1. The molecule has 0 radical (unpaired) electrons. The third-order valence-corrected chi connectivity index (χ3v) is 5.46. The second kappa shape index (κ2) is 5.63. The number of allylic oxidation sites excluding steroid dienone is 1. The van der Waals surface area contributed by atoms with E-state index in [-0.39, 0.29) is 0 Å². The molecule has 1 aliphatic carbocycles. The summed E-state index contributed by atoms with van der Waals surface area (Å²) >= 11 is 0. The van der Waals surface area contributed by atoms with Gasteiger partial charge >= 0.3 is 0 Å². The molecule has 0 saturated heterocycles. The molecule has 3 aromatic rings. The summed E-state index contributed by atoms with van der Waals surface area (Å²) in [6.07, 6.45) is 12.6. The van der Waals surface area contributed by atoms with E-state index in [1.165, 1.54) is 5.56 Å². The summed E-state index contributed by atoms with van der Waals surface area (Å²) in [5.41, 5.74) is 3.45. The predicted octanol–water partition coefficient (Wildman–Crippen LogP) is 4.93. The van der Waals surface area contributed by atoms with Gasteiger partial charge < -0.3 is 0 Å². The van der Waals surface area contributed by atoms with Gasteiger partial charge in [0.25, 0.3) is 0 Å². The fourth-order valence-electron chi connectivity index (χ4n) is 4.33. The molecule has 2 unspecified atom stereocenters. The van der Waals surface area contributed by atoms with E-state index in [4.69, 9.17) is 9.98 Å². The van der Waals surface area contributed by atoms with Crippen LogP contribution in [0.2, 0.25) is 0 Å². The SMILES string of the molecule is C1=CC2(c3ccccc3)C=Cc3cccnc3C2(c2ccccc2)N=C1. The van der Waals surface area contributed by atoms with Gasteiger partial charge in [0, 0.05) is 12.4 Å². The molecule has 2 heterocycles. The fraction of sp³-hybridized carbons (Fsp3) is 0.0833. The second-order valence-electron chi connectivity index (χ2n) is 6.72. The second-order valence-corrected chi connectivity index (χ2v) is 6.72. The van der Waals surface area contributed by atoms with Crippen molar-refractivity contribution in [2.75, 3.05) is 0 Å². The van der Waals surface area contributed by atoms with Crippen LogP contribution in [0.5, 0.6) is 0 Å². The van der Waals surface area contributed by atoms with Gasteiger partial charge in [0.05, 0.1) is 11.1 Å². The van der Waals surface area contributed by atoms with Crippen molar-refractivity contribution in [3.05, 3.63) is 120 Å². The quantitative estimate of drug-likeness (QED) is 0.652. The van der Waals surface area contributed by atoms with Crippen molar-refractivity contribution in [2.45, 2.75) is 11.0 Å². The first-order chi connectivity index (χ1) is 12.9. The lowest BCUT2D eigenvalue weighted by molar-refractivity contribution is 0.378. The van der Waals surface area contributed by atoms with Crippen molar-refractivity contribution in [3.63, 3.8) is 0 Å². The van der Waals surface area contributed by atoms with Crippen LogP contribution >= 0.6 is 0 Å². The molecular weight excluding hydrogens is 316 g/mol. The van der Waals surface area contributed by atoms with Crippen LogP contribution in [0, 0.1) is 0 Å². The highest BCUT2D eigenvalue weighted by Gasteiger charge is 2.56. The molecule has 2 aromatic carbocycles. The first-order valence-corrected chi connectivity index (χ1v) is 8.86. The van der Waals surface area contributed by atoms with Crippen LogP contribution in [-0.2, 0) is 11.0 Å². The molecule has 2 atom stereocenters.